The predicted molar refractivity (Wildman–Crippen MR) is 89.4 cm³/mol. The molecule has 2 N–H and O–H groups in total. The van der Waals surface area contributed by atoms with E-state index < -0.39 is 17.4 Å². The van der Waals surface area contributed by atoms with Crippen LogP contribution in [0.3, 0.4) is 0 Å². The van der Waals surface area contributed by atoms with Crippen LogP contribution in [0.2, 0.25) is 0 Å². The summed E-state index contributed by atoms with van der Waals surface area (Å²) >= 11 is -0.252. The third-order valence-corrected chi connectivity index (χ3v) is 4.03. The van der Waals surface area contributed by atoms with Gasteiger partial charge in [0.2, 0.25) is 5.72 Å². The second kappa shape index (κ2) is 7.89. The van der Waals surface area contributed by atoms with E-state index >= 15 is 0 Å². The number of nitrogens with one attached hydrogen (secondary N) is 1. The molecule has 0 amide bonds. The van der Waals surface area contributed by atoms with E-state index in [1.807, 2.05) is 5.32 Å². The number of anilines is 1. The summed E-state index contributed by atoms with van der Waals surface area (Å²) in [4.78, 5) is 0.000224. The highest BCUT2D eigenvalue weighted by atomic mass is 32.2. The number of aliphatic hydroxyl groups is 1. The fraction of sp³-hybridized carbons (Fsp3) is 0.294. The summed E-state index contributed by atoms with van der Waals surface area (Å²) in [5.74, 6) is 0.187. The molecule has 0 fully saturated rings. The topological polar surface area (TPSA) is 41.5 Å². The first-order valence-electron chi connectivity index (χ1n) is 7.50. The van der Waals surface area contributed by atoms with Gasteiger partial charge in [-0.25, -0.2) is 0 Å². The minimum Gasteiger partial charge on any atom is -0.489 e. The third kappa shape index (κ3) is 6.55. The summed E-state index contributed by atoms with van der Waals surface area (Å²) in [6.45, 7) is 0.496. The second-order valence-corrected chi connectivity index (χ2v) is 6.85. The molecule has 0 saturated carbocycles. The molecule has 0 spiro atoms. The van der Waals surface area contributed by atoms with Crippen molar-refractivity contribution >= 4 is 17.4 Å². The highest BCUT2D eigenvalue weighted by molar-refractivity contribution is 8.00. The van der Waals surface area contributed by atoms with E-state index in [0.717, 1.165) is 0 Å². The van der Waals surface area contributed by atoms with Crippen molar-refractivity contribution in [2.75, 3.05) is 5.32 Å². The largest absolute Gasteiger partial charge is 0.489 e. The lowest BCUT2D eigenvalue weighted by molar-refractivity contribution is -0.240. The molecule has 2 aromatic rings. The average Bonchev–Trinajstić information content (AvgIpc) is 2.50. The molecule has 2 aromatic carbocycles. The summed E-state index contributed by atoms with van der Waals surface area (Å²) in [6.07, 6.45) is -4.89. The monoisotopic (exact) mass is 411 g/mol. The maximum absolute atomic E-state index is 12.7. The highest BCUT2D eigenvalue weighted by Gasteiger charge is 2.50. The standard InChI is InChI=1S/C17H15F6NO2S/c1-15(25,16(18,19)20)24-12-5-3-6-13(9-12)26-10-11-4-2-7-14(8-11)27-17(21,22)23/h2-9,24-25H,10H2,1H3. The molecule has 0 aliphatic rings. The number of hydrogen-bond donors (Lipinski definition) is 2. The predicted octanol–water partition coefficient (Wildman–Crippen LogP) is 5.56. The van der Waals surface area contributed by atoms with Crippen LogP contribution in [0, 0.1) is 0 Å². The molecular weight excluding hydrogens is 396 g/mol. The lowest BCUT2D eigenvalue weighted by Gasteiger charge is -2.28. The van der Waals surface area contributed by atoms with Crippen molar-refractivity contribution in [2.45, 2.75) is 35.8 Å². The first-order chi connectivity index (χ1) is 12.4. The normalized spacial score (nSPS) is 14.5. The van der Waals surface area contributed by atoms with Crippen molar-refractivity contribution < 1.29 is 36.2 Å². The maximum Gasteiger partial charge on any atom is 0.446 e. The van der Waals surface area contributed by atoms with Crippen LogP contribution >= 0.6 is 11.8 Å². The molecule has 27 heavy (non-hydrogen) atoms. The molecule has 0 bridgehead atoms. The fourth-order valence-electron chi connectivity index (χ4n) is 2.01. The first-order valence-corrected chi connectivity index (χ1v) is 8.32. The Kier molecular flexibility index (Phi) is 6.21. The Bertz CT molecular complexity index is 777. The quantitative estimate of drug-likeness (QED) is 0.371. The van der Waals surface area contributed by atoms with E-state index in [9.17, 15) is 31.4 Å². The van der Waals surface area contributed by atoms with Crippen molar-refractivity contribution in [3.05, 3.63) is 54.1 Å². The van der Waals surface area contributed by atoms with Gasteiger partial charge in [0.25, 0.3) is 0 Å². The number of hydrogen-bond acceptors (Lipinski definition) is 4. The Morgan fingerprint density at radius 1 is 1.00 bits per heavy atom. The van der Waals surface area contributed by atoms with E-state index in [1.54, 1.807) is 6.07 Å². The number of halogens is 6. The fourth-order valence-corrected chi connectivity index (χ4v) is 2.64. The summed E-state index contributed by atoms with van der Waals surface area (Å²) in [6, 6.07) is 11.1. The first kappa shape index (κ1) is 21.2. The summed E-state index contributed by atoms with van der Waals surface area (Å²) in [5, 5.41) is 11.4. The van der Waals surface area contributed by atoms with Gasteiger partial charge >= 0.3 is 11.7 Å². The second-order valence-electron chi connectivity index (χ2n) is 5.71. The van der Waals surface area contributed by atoms with Crippen LogP contribution in [0.25, 0.3) is 0 Å². The lowest BCUT2D eigenvalue weighted by Crippen LogP contribution is -2.49. The van der Waals surface area contributed by atoms with Gasteiger partial charge in [-0.2, -0.15) is 26.3 Å². The molecule has 0 heterocycles. The summed E-state index contributed by atoms with van der Waals surface area (Å²) in [7, 11) is 0. The Morgan fingerprint density at radius 2 is 1.67 bits per heavy atom. The van der Waals surface area contributed by atoms with Crippen LogP contribution in [-0.4, -0.2) is 22.5 Å². The molecule has 0 saturated heterocycles. The SMILES string of the molecule is CC(O)(Nc1cccc(OCc2cccc(SC(F)(F)F)c2)c1)C(F)(F)F. The molecule has 148 valence electrons. The molecule has 0 aliphatic heterocycles. The molecule has 0 radical (unpaired) electrons. The van der Waals surface area contributed by atoms with Crippen molar-refractivity contribution in [3.8, 4) is 5.75 Å². The zero-order chi connectivity index (χ0) is 20.3. The molecule has 3 nitrogen and oxygen atoms in total. The maximum atomic E-state index is 12.7. The van der Waals surface area contributed by atoms with Crippen molar-refractivity contribution in [3.63, 3.8) is 0 Å². The van der Waals surface area contributed by atoms with Crippen LogP contribution in [0.1, 0.15) is 12.5 Å². The molecule has 1 atom stereocenters. The molecular formula is C17H15F6NO2S. The molecule has 0 aromatic heterocycles. The van der Waals surface area contributed by atoms with Crippen molar-refractivity contribution in [1.82, 2.24) is 0 Å². The zero-order valence-electron chi connectivity index (χ0n) is 13.9. The Labute approximate surface area is 155 Å². The van der Waals surface area contributed by atoms with Gasteiger partial charge in [0, 0.05) is 16.6 Å². The van der Waals surface area contributed by atoms with Crippen molar-refractivity contribution in [2.24, 2.45) is 0 Å². The van der Waals surface area contributed by atoms with Crippen LogP contribution in [0.15, 0.2) is 53.4 Å². The van der Waals surface area contributed by atoms with Gasteiger partial charge in [0.15, 0.2) is 0 Å². The van der Waals surface area contributed by atoms with Gasteiger partial charge in [0.1, 0.15) is 12.4 Å². The van der Waals surface area contributed by atoms with E-state index in [-0.39, 0.29) is 34.7 Å². The number of ether oxygens (including phenoxy) is 1. The number of rotatable bonds is 6. The van der Waals surface area contributed by atoms with E-state index in [0.29, 0.717) is 12.5 Å². The molecule has 10 heteroatoms. The van der Waals surface area contributed by atoms with Gasteiger partial charge in [-0.15, -0.1) is 0 Å². The minimum atomic E-state index is -4.89. The van der Waals surface area contributed by atoms with Gasteiger partial charge < -0.3 is 15.2 Å². The third-order valence-electron chi connectivity index (χ3n) is 3.31. The average molecular weight is 411 g/mol. The van der Waals surface area contributed by atoms with Crippen LogP contribution in [0.4, 0.5) is 32.0 Å². The van der Waals surface area contributed by atoms with E-state index in [1.165, 1.54) is 42.5 Å². The molecule has 1 unspecified atom stereocenters. The Morgan fingerprint density at radius 3 is 2.30 bits per heavy atom. The Balaban J connectivity index is 2.04. The number of benzene rings is 2. The van der Waals surface area contributed by atoms with Gasteiger partial charge in [-0.3, -0.25) is 0 Å². The van der Waals surface area contributed by atoms with Gasteiger partial charge in [0.05, 0.1) is 0 Å². The summed E-state index contributed by atoms with van der Waals surface area (Å²) < 4.78 is 80.8. The van der Waals surface area contributed by atoms with Crippen LogP contribution in [0.5, 0.6) is 5.75 Å². The highest BCUT2D eigenvalue weighted by Crippen LogP contribution is 2.37. The lowest BCUT2D eigenvalue weighted by atomic mass is 10.2. The van der Waals surface area contributed by atoms with E-state index in [4.69, 9.17) is 4.74 Å². The van der Waals surface area contributed by atoms with Crippen molar-refractivity contribution in [1.29, 1.82) is 0 Å². The van der Waals surface area contributed by atoms with E-state index in [2.05, 4.69) is 0 Å². The van der Waals surface area contributed by atoms with Crippen LogP contribution < -0.4 is 10.1 Å². The van der Waals surface area contributed by atoms with Gasteiger partial charge in [-0.1, -0.05) is 18.2 Å². The van der Waals surface area contributed by atoms with Crippen LogP contribution in [-0.2, 0) is 6.61 Å². The Hall–Kier alpha value is -2.07. The molecule has 2 rings (SSSR count). The number of thioether (sulfide) groups is 1. The molecule has 0 aliphatic carbocycles. The van der Waals surface area contributed by atoms with Gasteiger partial charge in [-0.05, 0) is 48.5 Å². The smallest absolute Gasteiger partial charge is 0.446 e. The summed E-state index contributed by atoms with van der Waals surface area (Å²) in [5.41, 5.74) is -7.11. The number of alkyl halides is 6. The minimum absolute atomic E-state index is 0.000224. The zero-order valence-corrected chi connectivity index (χ0v) is 14.7.